The van der Waals surface area contributed by atoms with Crippen LogP contribution in [0.2, 0.25) is 5.02 Å². The van der Waals surface area contributed by atoms with Crippen LogP contribution in [-0.4, -0.2) is 13.1 Å². The SMILES string of the molecule is COC(=O)c1cc2c(cc1Cl)OCc1sccc1-2. The molecule has 0 bridgehead atoms. The molecule has 2 aromatic rings. The Hall–Kier alpha value is -1.52. The molecule has 5 heteroatoms. The lowest BCUT2D eigenvalue weighted by Crippen LogP contribution is -2.07. The standard InChI is InChI=1S/C13H9ClO3S/c1-16-13(15)9-4-8-7-2-3-18-12(7)6-17-11(8)5-10(9)14/h2-5H,6H2,1H3. The lowest BCUT2D eigenvalue weighted by Gasteiger charge is -2.19. The molecule has 1 aromatic carbocycles. The van der Waals surface area contributed by atoms with Gasteiger partial charge in [0, 0.05) is 22.1 Å². The third kappa shape index (κ3) is 1.69. The molecule has 3 rings (SSSR count). The third-order valence-electron chi connectivity index (χ3n) is 2.87. The van der Waals surface area contributed by atoms with Crippen LogP contribution in [0, 0.1) is 0 Å². The van der Waals surface area contributed by atoms with E-state index >= 15 is 0 Å². The largest absolute Gasteiger partial charge is 0.487 e. The van der Waals surface area contributed by atoms with Gasteiger partial charge in [-0.3, -0.25) is 0 Å². The van der Waals surface area contributed by atoms with Crippen molar-refractivity contribution in [3.8, 4) is 16.9 Å². The third-order valence-corrected chi connectivity index (χ3v) is 4.08. The Kier molecular flexibility index (Phi) is 2.76. The number of carbonyl (C=O) groups excluding carboxylic acids is 1. The predicted octanol–water partition coefficient (Wildman–Crippen LogP) is 3.75. The topological polar surface area (TPSA) is 35.5 Å². The lowest BCUT2D eigenvalue weighted by atomic mass is 10.0. The van der Waals surface area contributed by atoms with Crippen molar-refractivity contribution >= 4 is 28.9 Å². The maximum atomic E-state index is 11.6. The summed E-state index contributed by atoms with van der Waals surface area (Å²) < 4.78 is 10.3. The van der Waals surface area contributed by atoms with E-state index < -0.39 is 5.97 Å². The van der Waals surface area contributed by atoms with Gasteiger partial charge in [0.1, 0.15) is 12.4 Å². The fraction of sp³-hybridized carbons (Fsp3) is 0.154. The number of esters is 1. The van der Waals surface area contributed by atoms with Gasteiger partial charge < -0.3 is 9.47 Å². The van der Waals surface area contributed by atoms with E-state index in [9.17, 15) is 4.79 Å². The molecular weight excluding hydrogens is 272 g/mol. The molecule has 0 N–H and O–H groups in total. The van der Waals surface area contributed by atoms with E-state index in [1.165, 1.54) is 7.11 Å². The lowest BCUT2D eigenvalue weighted by molar-refractivity contribution is 0.0601. The first-order valence-corrected chi connectivity index (χ1v) is 6.58. The summed E-state index contributed by atoms with van der Waals surface area (Å²) in [5, 5.41) is 2.36. The van der Waals surface area contributed by atoms with Crippen molar-refractivity contribution in [2.75, 3.05) is 7.11 Å². The van der Waals surface area contributed by atoms with Crippen molar-refractivity contribution in [3.05, 3.63) is 39.0 Å². The number of benzene rings is 1. The zero-order chi connectivity index (χ0) is 12.7. The van der Waals surface area contributed by atoms with Crippen LogP contribution in [-0.2, 0) is 11.3 Å². The van der Waals surface area contributed by atoms with Crippen molar-refractivity contribution in [1.82, 2.24) is 0 Å². The molecular formula is C13H9ClO3S. The quantitative estimate of drug-likeness (QED) is 0.747. The van der Waals surface area contributed by atoms with Gasteiger partial charge in [-0.05, 0) is 17.5 Å². The first-order valence-electron chi connectivity index (χ1n) is 5.32. The minimum Gasteiger partial charge on any atom is -0.487 e. The van der Waals surface area contributed by atoms with Crippen molar-refractivity contribution in [2.45, 2.75) is 6.61 Å². The number of rotatable bonds is 1. The van der Waals surface area contributed by atoms with Gasteiger partial charge in [-0.2, -0.15) is 0 Å². The van der Waals surface area contributed by atoms with Gasteiger partial charge in [0.05, 0.1) is 17.7 Å². The van der Waals surface area contributed by atoms with E-state index in [-0.39, 0.29) is 0 Å². The van der Waals surface area contributed by atoms with Crippen LogP contribution in [0.1, 0.15) is 15.2 Å². The van der Waals surface area contributed by atoms with E-state index in [4.69, 9.17) is 21.1 Å². The van der Waals surface area contributed by atoms with Gasteiger partial charge in [0.2, 0.25) is 0 Å². The average molecular weight is 281 g/mol. The van der Waals surface area contributed by atoms with Crippen molar-refractivity contribution < 1.29 is 14.3 Å². The second-order valence-corrected chi connectivity index (χ2v) is 5.27. The zero-order valence-electron chi connectivity index (χ0n) is 9.53. The zero-order valence-corrected chi connectivity index (χ0v) is 11.1. The van der Waals surface area contributed by atoms with E-state index in [2.05, 4.69) is 0 Å². The van der Waals surface area contributed by atoms with Crippen LogP contribution in [0.5, 0.6) is 5.75 Å². The molecule has 92 valence electrons. The molecule has 0 saturated carbocycles. The fourth-order valence-electron chi connectivity index (χ4n) is 1.99. The predicted molar refractivity (Wildman–Crippen MR) is 70.4 cm³/mol. The molecule has 0 amide bonds. The van der Waals surface area contributed by atoms with Crippen LogP contribution in [0.4, 0.5) is 0 Å². The second-order valence-electron chi connectivity index (χ2n) is 3.87. The Morgan fingerprint density at radius 2 is 2.28 bits per heavy atom. The summed E-state index contributed by atoms with van der Waals surface area (Å²) >= 11 is 7.70. The van der Waals surface area contributed by atoms with Gasteiger partial charge in [-0.15, -0.1) is 11.3 Å². The summed E-state index contributed by atoms with van der Waals surface area (Å²) in [6.07, 6.45) is 0. The summed E-state index contributed by atoms with van der Waals surface area (Å²) in [5.41, 5.74) is 2.35. The summed E-state index contributed by atoms with van der Waals surface area (Å²) in [6.45, 7) is 0.550. The molecule has 1 aliphatic heterocycles. The van der Waals surface area contributed by atoms with Crippen LogP contribution >= 0.6 is 22.9 Å². The minimum absolute atomic E-state index is 0.347. The molecule has 0 unspecified atom stereocenters. The Labute approximate surface area is 113 Å². The Morgan fingerprint density at radius 1 is 1.44 bits per heavy atom. The highest BCUT2D eigenvalue weighted by Gasteiger charge is 2.22. The molecule has 18 heavy (non-hydrogen) atoms. The van der Waals surface area contributed by atoms with E-state index in [0.29, 0.717) is 22.9 Å². The number of hydrogen-bond acceptors (Lipinski definition) is 4. The minimum atomic E-state index is -0.440. The smallest absolute Gasteiger partial charge is 0.339 e. The highest BCUT2D eigenvalue weighted by atomic mass is 35.5. The van der Waals surface area contributed by atoms with Crippen LogP contribution in [0.3, 0.4) is 0 Å². The second kappa shape index (κ2) is 4.30. The van der Waals surface area contributed by atoms with Crippen molar-refractivity contribution in [2.24, 2.45) is 0 Å². The van der Waals surface area contributed by atoms with E-state index in [0.717, 1.165) is 16.0 Å². The highest BCUT2D eigenvalue weighted by molar-refractivity contribution is 7.10. The maximum absolute atomic E-state index is 11.6. The summed E-state index contributed by atoms with van der Waals surface area (Å²) in [4.78, 5) is 12.8. The summed E-state index contributed by atoms with van der Waals surface area (Å²) in [7, 11) is 1.34. The number of methoxy groups -OCH3 is 1. The first kappa shape index (κ1) is 11.6. The number of ether oxygens (including phenoxy) is 2. The molecule has 1 aliphatic rings. The monoisotopic (exact) mass is 280 g/mol. The molecule has 3 nitrogen and oxygen atoms in total. The Bertz CT molecular complexity index is 633. The average Bonchev–Trinajstić information content (AvgIpc) is 2.85. The number of fused-ring (bicyclic) bond motifs is 3. The molecule has 0 aliphatic carbocycles. The van der Waals surface area contributed by atoms with Crippen LogP contribution in [0.25, 0.3) is 11.1 Å². The summed E-state index contributed by atoms with van der Waals surface area (Å²) in [6, 6.07) is 5.42. The van der Waals surface area contributed by atoms with Gasteiger partial charge in [0.25, 0.3) is 0 Å². The van der Waals surface area contributed by atoms with Crippen LogP contribution < -0.4 is 4.74 Å². The molecule has 0 radical (unpaired) electrons. The van der Waals surface area contributed by atoms with Crippen molar-refractivity contribution in [3.63, 3.8) is 0 Å². The molecule has 1 aromatic heterocycles. The normalized spacial score (nSPS) is 12.3. The molecule has 0 atom stereocenters. The van der Waals surface area contributed by atoms with Gasteiger partial charge in [0.15, 0.2) is 0 Å². The Balaban J connectivity index is 2.20. The first-order chi connectivity index (χ1) is 8.70. The number of hydrogen-bond donors (Lipinski definition) is 0. The molecule has 0 saturated heterocycles. The van der Waals surface area contributed by atoms with E-state index in [1.807, 2.05) is 11.4 Å². The highest BCUT2D eigenvalue weighted by Crippen LogP contribution is 2.42. The Morgan fingerprint density at radius 3 is 3.06 bits per heavy atom. The maximum Gasteiger partial charge on any atom is 0.339 e. The number of halogens is 1. The van der Waals surface area contributed by atoms with Crippen LogP contribution in [0.15, 0.2) is 23.6 Å². The number of carbonyl (C=O) groups is 1. The van der Waals surface area contributed by atoms with Gasteiger partial charge >= 0.3 is 5.97 Å². The van der Waals surface area contributed by atoms with Crippen molar-refractivity contribution in [1.29, 1.82) is 0 Å². The molecule has 2 heterocycles. The summed E-state index contributed by atoms with van der Waals surface area (Å²) in [5.74, 6) is 0.267. The molecule has 0 fully saturated rings. The van der Waals surface area contributed by atoms with E-state index in [1.54, 1.807) is 23.5 Å². The fourth-order valence-corrected chi connectivity index (χ4v) is 3.02. The van der Waals surface area contributed by atoms with Gasteiger partial charge in [-0.1, -0.05) is 11.6 Å². The molecule has 0 spiro atoms. The number of thiophene rings is 1. The van der Waals surface area contributed by atoms with Gasteiger partial charge in [-0.25, -0.2) is 4.79 Å².